The van der Waals surface area contributed by atoms with Gasteiger partial charge in [0.15, 0.2) is 11.7 Å². The van der Waals surface area contributed by atoms with E-state index < -0.39 is 11.7 Å². The van der Waals surface area contributed by atoms with E-state index in [9.17, 15) is 8.78 Å². The summed E-state index contributed by atoms with van der Waals surface area (Å²) in [6, 6.07) is -0.0572. The van der Waals surface area contributed by atoms with Crippen LogP contribution in [0.4, 0.5) is 8.78 Å². The largest absolute Gasteiger partial charge is 0.383 e. The summed E-state index contributed by atoms with van der Waals surface area (Å²) in [5.74, 6) is -1.48. The third-order valence-corrected chi connectivity index (χ3v) is 2.16. The Bertz CT molecular complexity index is 258. The maximum Gasteiger partial charge on any atom is 0.178 e. The average molecular weight is 172 g/mol. The Morgan fingerprint density at radius 3 is 3.00 bits per heavy atom. The van der Waals surface area contributed by atoms with Gasteiger partial charge in [-0.25, -0.2) is 8.78 Å². The third kappa shape index (κ3) is 1.12. The molecule has 2 N–H and O–H groups in total. The lowest BCUT2D eigenvalue weighted by atomic mass is 10.0. The zero-order valence-electron chi connectivity index (χ0n) is 6.53. The van der Waals surface area contributed by atoms with Crippen molar-refractivity contribution in [2.45, 2.75) is 12.5 Å². The Morgan fingerprint density at radius 2 is 2.17 bits per heavy atom. The molecule has 4 heteroatoms. The number of rotatable bonds is 0. The Kier molecular flexibility index (Phi) is 1.84. The Hall–Kier alpha value is -0.900. The topological polar surface area (TPSA) is 24.1 Å². The first-order valence-electron chi connectivity index (χ1n) is 4.02. The van der Waals surface area contributed by atoms with Gasteiger partial charge in [-0.2, -0.15) is 0 Å². The minimum absolute atomic E-state index is 0.0572. The summed E-state index contributed by atoms with van der Waals surface area (Å²) in [4.78, 5) is 0. The molecule has 2 nitrogen and oxygen atoms in total. The first kappa shape index (κ1) is 7.73. The van der Waals surface area contributed by atoms with Crippen LogP contribution in [-0.2, 0) is 0 Å². The Balaban J connectivity index is 2.29. The Labute approximate surface area is 69.3 Å². The van der Waals surface area contributed by atoms with Crippen LogP contribution in [0.15, 0.2) is 23.4 Å². The van der Waals surface area contributed by atoms with Gasteiger partial charge in [-0.15, -0.1) is 0 Å². The van der Waals surface area contributed by atoms with E-state index in [1.807, 2.05) is 0 Å². The summed E-state index contributed by atoms with van der Waals surface area (Å²) in [6.45, 7) is 1.46. The van der Waals surface area contributed by atoms with E-state index in [-0.39, 0.29) is 6.04 Å². The third-order valence-electron chi connectivity index (χ3n) is 2.16. The van der Waals surface area contributed by atoms with Crippen molar-refractivity contribution in [1.82, 2.24) is 10.6 Å². The molecule has 0 aromatic rings. The summed E-state index contributed by atoms with van der Waals surface area (Å²) in [5.41, 5.74) is 0.376. The molecule has 0 aromatic carbocycles. The maximum absolute atomic E-state index is 13.0. The second kappa shape index (κ2) is 2.86. The van der Waals surface area contributed by atoms with Gasteiger partial charge in [-0.3, -0.25) is 0 Å². The van der Waals surface area contributed by atoms with Crippen molar-refractivity contribution in [2.75, 3.05) is 13.1 Å². The van der Waals surface area contributed by atoms with Crippen molar-refractivity contribution in [3.63, 3.8) is 0 Å². The molecular formula is C8H10F2N2. The summed E-state index contributed by atoms with van der Waals surface area (Å²) in [6.07, 6.45) is 1.81. The SMILES string of the molecule is FC1=CCC2NCCNC2=C1F. The molecule has 2 aliphatic rings. The van der Waals surface area contributed by atoms with Crippen molar-refractivity contribution in [2.24, 2.45) is 0 Å². The van der Waals surface area contributed by atoms with Gasteiger partial charge < -0.3 is 10.6 Å². The van der Waals surface area contributed by atoms with Crippen LogP contribution in [0.1, 0.15) is 6.42 Å². The van der Waals surface area contributed by atoms with Gasteiger partial charge in [-0.1, -0.05) is 0 Å². The molecule has 1 atom stereocenters. The molecule has 0 radical (unpaired) electrons. The zero-order chi connectivity index (χ0) is 8.55. The molecule has 12 heavy (non-hydrogen) atoms. The van der Waals surface area contributed by atoms with Crippen LogP contribution in [-0.4, -0.2) is 19.1 Å². The highest BCUT2D eigenvalue weighted by Crippen LogP contribution is 2.26. The Morgan fingerprint density at radius 1 is 1.33 bits per heavy atom. The van der Waals surface area contributed by atoms with E-state index >= 15 is 0 Å². The molecule has 1 aliphatic carbocycles. The molecule has 2 rings (SSSR count). The van der Waals surface area contributed by atoms with Crippen molar-refractivity contribution in [3.05, 3.63) is 23.4 Å². The normalized spacial score (nSPS) is 29.2. The number of allylic oxidation sites excluding steroid dienone is 2. The molecule has 1 fully saturated rings. The smallest absolute Gasteiger partial charge is 0.178 e. The van der Waals surface area contributed by atoms with Gasteiger partial charge in [0.2, 0.25) is 0 Å². The van der Waals surface area contributed by atoms with Crippen molar-refractivity contribution >= 4 is 0 Å². The molecule has 0 bridgehead atoms. The lowest BCUT2D eigenvalue weighted by Gasteiger charge is -2.29. The van der Waals surface area contributed by atoms with Crippen LogP contribution < -0.4 is 10.6 Å². The fourth-order valence-electron chi connectivity index (χ4n) is 1.54. The molecule has 1 heterocycles. The number of fused-ring (bicyclic) bond motifs is 1. The lowest BCUT2D eigenvalue weighted by molar-refractivity contribution is 0.423. The van der Waals surface area contributed by atoms with Crippen LogP contribution in [0, 0.1) is 0 Å². The molecule has 0 aromatic heterocycles. The van der Waals surface area contributed by atoms with Crippen LogP contribution >= 0.6 is 0 Å². The number of hydrogen-bond acceptors (Lipinski definition) is 2. The van der Waals surface area contributed by atoms with Crippen molar-refractivity contribution in [3.8, 4) is 0 Å². The second-order valence-electron chi connectivity index (χ2n) is 2.95. The number of halogens is 2. The quantitative estimate of drug-likeness (QED) is 0.569. The molecule has 66 valence electrons. The summed E-state index contributed by atoms with van der Waals surface area (Å²) < 4.78 is 25.8. The highest BCUT2D eigenvalue weighted by Gasteiger charge is 2.26. The van der Waals surface area contributed by atoms with Crippen LogP contribution in [0.2, 0.25) is 0 Å². The molecular weight excluding hydrogens is 162 g/mol. The fourth-order valence-corrected chi connectivity index (χ4v) is 1.54. The van der Waals surface area contributed by atoms with Crippen molar-refractivity contribution < 1.29 is 8.78 Å². The van der Waals surface area contributed by atoms with Gasteiger partial charge in [0.25, 0.3) is 0 Å². The molecule has 0 amide bonds. The standard InChI is InChI=1S/C8H10F2N2/c9-5-1-2-6-8(7(5)10)12-4-3-11-6/h1,6,11-12H,2-4H2. The van der Waals surface area contributed by atoms with Gasteiger partial charge in [0.1, 0.15) is 0 Å². The molecule has 1 unspecified atom stereocenters. The van der Waals surface area contributed by atoms with Gasteiger partial charge in [-0.05, 0) is 12.5 Å². The van der Waals surface area contributed by atoms with Crippen molar-refractivity contribution in [1.29, 1.82) is 0 Å². The van der Waals surface area contributed by atoms with E-state index in [0.29, 0.717) is 18.7 Å². The lowest BCUT2D eigenvalue weighted by Crippen LogP contribution is -2.47. The van der Waals surface area contributed by atoms with E-state index in [2.05, 4.69) is 10.6 Å². The maximum atomic E-state index is 13.0. The molecule has 1 saturated heterocycles. The van der Waals surface area contributed by atoms with Crippen LogP contribution in [0.25, 0.3) is 0 Å². The van der Waals surface area contributed by atoms with E-state index in [1.165, 1.54) is 6.08 Å². The minimum atomic E-state index is -0.738. The summed E-state index contributed by atoms with van der Waals surface area (Å²) in [5, 5.41) is 5.96. The second-order valence-corrected chi connectivity index (χ2v) is 2.95. The van der Waals surface area contributed by atoms with Gasteiger partial charge in [0.05, 0.1) is 11.7 Å². The summed E-state index contributed by atoms with van der Waals surface area (Å²) >= 11 is 0. The number of nitrogens with one attached hydrogen (secondary N) is 2. The van der Waals surface area contributed by atoms with E-state index in [1.54, 1.807) is 0 Å². The average Bonchev–Trinajstić information content (AvgIpc) is 2.12. The molecule has 1 aliphatic heterocycles. The minimum Gasteiger partial charge on any atom is -0.383 e. The summed E-state index contributed by atoms with van der Waals surface area (Å²) in [7, 11) is 0. The first-order chi connectivity index (χ1) is 5.79. The van der Waals surface area contributed by atoms with Crippen LogP contribution in [0.5, 0.6) is 0 Å². The van der Waals surface area contributed by atoms with Gasteiger partial charge >= 0.3 is 0 Å². The van der Waals surface area contributed by atoms with Gasteiger partial charge in [0, 0.05) is 13.1 Å². The predicted octanol–water partition coefficient (Wildman–Crippen LogP) is 0.986. The van der Waals surface area contributed by atoms with E-state index in [4.69, 9.17) is 0 Å². The molecule has 0 saturated carbocycles. The monoisotopic (exact) mass is 172 g/mol. The zero-order valence-corrected chi connectivity index (χ0v) is 6.53. The molecule has 0 spiro atoms. The first-order valence-corrected chi connectivity index (χ1v) is 4.02. The van der Waals surface area contributed by atoms with E-state index in [0.717, 1.165) is 6.54 Å². The number of piperazine rings is 1. The predicted molar refractivity (Wildman–Crippen MR) is 41.7 cm³/mol. The highest BCUT2D eigenvalue weighted by molar-refractivity contribution is 5.33. The number of hydrogen-bond donors (Lipinski definition) is 2. The fraction of sp³-hybridized carbons (Fsp3) is 0.500. The highest BCUT2D eigenvalue weighted by atomic mass is 19.2. The van der Waals surface area contributed by atoms with Crippen LogP contribution in [0.3, 0.4) is 0 Å².